The zero-order valence-corrected chi connectivity index (χ0v) is 19.1. The molecule has 0 aromatic carbocycles. The van der Waals surface area contributed by atoms with E-state index in [1.54, 1.807) is 29.4 Å². The number of aromatic amines is 1. The van der Waals surface area contributed by atoms with E-state index in [-0.39, 0.29) is 25.6 Å². The fourth-order valence-electron chi connectivity index (χ4n) is 3.57. The summed E-state index contributed by atoms with van der Waals surface area (Å²) < 4.78 is 32.9. The molecule has 1 saturated heterocycles. The summed E-state index contributed by atoms with van der Waals surface area (Å²) in [4.78, 5) is 22.9. The Balaban J connectivity index is 1.52. The molecule has 1 aliphatic rings. The molecule has 1 fully saturated rings. The molecule has 0 spiro atoms. The topological polar surface area (TPSA) is 95.6 Å². The van der Waals surface area contributed by atoms with Gasteiger partial charge in [-0.3, -0.25) is 9.78 Å². The van der Waals surface area contributed by atoms with Crippen molar-refractivity contribution >= 4 is 55.8 Å². The third kappa shape index (κ3) is 4.83. The van der Waals surface area contributed by atoms with Crippen molar-refractivity contribution in [1.29, 1.82) is 0 Å². The number of thiophene rings is 1. The van der Waals surface area contributed by atoms with E-state index in [0.717, 1.165) is 26.9 Å². The quantitative estimate of drug-likeness (QED) is 0.561. The van der Waals surface area contributed by atoms with E-state index in [2.05, 4.69) is 9.97 Å². The fourth-order valence-corrected chi connectivity index (χ4v) is 5.93. The highest BCUT2D eigenvalue weighted by Crippen LogP contribution is 2.25. The highest BCUT2D eigenvalue weighted by molar-refractivity contribution is 7.92. The van der Waals surface area contributed by atoms with Crippen LogP contribution in [-0.2, 0) is 26.1 Å². The summed E-state index contributed by atoms with van der Waals surface area (Å²) in [5.41, 5.74) is 1.80. The molecule has 1 aliphatic heterocycles. The van der Waals surface area contributed by atoms with Crippen LogP contribution in [0.4, 0.5) is 0 Å². The number of pyridine rings is 1. The maximum atomic E-state index is 13.1. The van der Waals surface area contributed by atoms with Gasteiger partial charge in [-0.2, -0.15) is 4.31 Å². The maximum Gasteiger partial charge on any atom is 0.243 e. The van der Waals surface area contributed by atoms with Crippen molar-refractivity contribution in [3.63, 3.8) is 0 Å². The molecule has 1 atom stereocenters. The van der Waals surface area contributed by atoms with E-state index in [4.69, 9.17) is 16.3 Å². The molecular weight excluding hydrogens is 460 g/mol. The van der Waals surface area contributed by atoms with Gasteiger partial charge in [-0.25, -0.2) is 8.42 Å². The number of H-pyrrole nitrogens is 1. The van der Waals surface area contributed by atoms with Crippen molar-refractivity contribution in [1.82, 2.24) is 19.2 Å². The Kier molecular flexibility index (Phi) is 6.44. The molecule has 3 aromatic rings. The Morgan fingerprint density at radius 2 is 2.19 bits per heavy atom. The van der Waals surface area contributed by atoms with Crippen LogP contribution in [-0.4, -0.2) is 66.3 Å². The zero-order valence-electron chi connectivity index (χ0n) is 16.7. The van der Waals surface area contributed by atoms with Gasteiger partial charge >= 0.3 is 0 Å². The predicted octanol–water partition coefficient (Wildman–Crippen LogP) is 2.94. The molecule has 4 heterocycles. The first-order valence-electron chi connectivity index (χ1n) is 9.52. The van der Waals surface area contributed by atoms with Gasteiger partial charge in [0.2, 0.25) is 15.9 Å². The molecule has 8 nitrogen and oxygen atoms in total. The van der Waals surface area contributed by atoms with Crippen LogP contribution >= 0.6 is 22.9 Å². The number of methoxy groups -OCH3 is 1. The highest BCUT2D eigenvalue weighted by atomic mass is 35.5. The molecule has 0 radical (unpaired) electrons. The number of amides is 1. The van der Waals surface area contributed by atoms with E-state index in [1.807, 2.05) is 12.1 Å². The first-order chi connectivity index (χ1) is 14.9. The molecule has 3 aromatic heterocycles. The number of fused-ring (bicyclic) bond motifs is 1. The minimum Gasteiger partial charge on any atom is -0.382 e. The largest absolute Gasteiger partial charge is 0.382 e. The van der Waals surface area contributed by atoms with Crippen LogP contribution in [0, 0.1) is 0 Å². The number of carbonyl (C=O) groups is 1. The third-order valence-electron chi connectivity index (χ3n) is 5.02. The summed E-state index contributed by atoms with van der Waals surface area (Å²) in [5.74, 6) is -0.291. The summed E-state index contributed by atoms with van der Waals surface area (Å²) in [6, 6.07) is 6.33. The second-order valence-corrected chi connectivity index (χ2v) is 10.6. The zero-order chi connectivity index (χ0) is 22.0. The van der Waals surface area contributed by atoms with Crippen LogP contribution < -0.4 is 0 Å². The average molecular weight is 481 g/mol. The number of ether oxygens (including phenoxy) is 1. The second kappa shape index (κ2) is 9.09. The average Bonchev–Trinajstić information content (AvgIpc) is 3.34. The van der Waals surface area contributed by atoms with Crippen molar-refractivity contribution in [2.45, 2.75) is 12.6 Å². The number of rotatable bonds is 7. The van der Waals surface area contributed by atoms with Gasteiger partial charge in [-0.1, -0.05) is 11.6 Å². The predicted molar refractivity (Wildman–Crippen MR) is 121 cm³/mol. The van der Waals surface area contributed by atoms with E-state index in [1.165, 1.54) is 28.8 Å². The van der Waals surface area contributed by atoms with Gasteiger partial charge < -0.3 is 14.6 Å². The van der Waals surface area contributed by atoms with Gasteiger partial charge in [0, 0.05) is 59.5 Å². The Morgan fingerprint density at radius 1 is 1.35 bits per heavy atom. The van der Waals surface area contributed by atoms with E-state index in [9.17, 15) is 13.2 Å². The highest BCUT2D eigenvalue weighted by Gasteiger charge is 2.40. The Morgan fingerprint density at radius 3 is 2.90 bits per heavy atom. The minimum atomic E-state index is -3.82. The molecule has 1 N–H and O–H groups in total. The minimum absolute atomic E-state index is 0.0240. The smallest absolute Gasteiger partial charge is 0.243 e. The van der Waals surface area contributed by atoms with E-state index in [0.29, 0.717) is 10.9 Å². The molecule has 0 saturated carbocycles. The number of carbonyl (C=O) groups excluding carboxylic acids is 1. The van der Waals surface area contributed by atoms with Gasteiger partial charge in [-0.05, 0) is 30.3 Å². The lowest BCUT2D eigenvalue weighted by atomic mass is 10.2. The van der Waals surface area contributed by atoms with Gasteiger partial charge in [0.15, 0.2) is 0 Å². The van der Waals surface area contributed by atoms with Crippen molar-refractivity contribution < 1.29 is 17.9 Å². The van der Waals surface area contributed by atoms with Crippen molar-refractivity contribution in [2.24, 2.45) is 0 Å². The standard InChI is InChI=1S/C20H21ClN4O4S2/c1-29-13-18-20(26)24(12-15-10-14-11-22-6-4-17(14)23-15)7-8-25(18)31(27,28)9-5-16-2-3-19(21)30-16/h2-6,9-11,18,23H,7-8,12-13H2,1H3/b9-5+. The van der Waals surface area contributed by atoms with Crippen LogP contribution in [0.15, 0.2) is 42.1 Å². The van der Waals surface area contributed by atoms with Gasteiger partial charge in [-0.15, -0.1) is 11.3 Å². The number of sulfonamides is 1. The monoisotopic (exact) mass is 480 g/mol. The van der Waals surface area contributed by atoms with Crippen molar-refractivity contribution in [3.05, 3.63) is 57.0 Å². The maximum absolute atomic E-state index is 13.1. The molecule has 0 bridgehead atoms. The molecule has 31 heavy (non-hydrogen) atoms. The number of nitrogens with zero attached hydrogens (tertiary/aromatic N) is 3. The Bertz CT molecular complexity index is 1190. The molecular formula is C20H21ClN4O4S2. The number of nitrogens with one attached hydrogen (secondary N) is 1. The second-order valence-electron chi connectivity index (χ2n) is 7.09. The normalized spacial score (nSPS) is 18.5. The fraction of sp³-hybridized carbons (Fsp3) is 0.300. The molecule has 1 unspecified atom stereocenters. The van der Waals surface area contributed by atoms with Gasteiger partial charge in [0.25, 0.3) is 0 Å². The van der Waals surface area contributed by atoms with Crippen LogP contribution in [0.25, 0.3) is 17.0 Å². The SMILES string of the molecule is COCC1C(=O)N(Cc2cc3cnccc3[nH]2)CCN1S(=O)(=O)/C=C/c1ccc(Cl)s1. The lowest BCUT2D eigenvalue weighted by Crippen LogP contribution is -2.59. The summed E-state index contributed by atoms with van der Waals surface area (Å²) in [6.45, 7) is 0.791. The van der Waals surface area contributed by atoms with Crippen LogP contribution in [0.3, 0.4) is 0 Å². The first kappa shape index (κ1) is 22.0. The van der Waals surface area contributed by atoms with E-state index >= 15 is 0 Å². The third-order valence-corrected chi connectivity index (χ3v) is 7.79. The molecule has 164 valence electrons. The molecule has 4 rings (SSSR count). The van der Waals surface area contributed by atoms with Crippen molar-refractivity contribution in [2.75, 3.05) is 26.8 Å². The van der Waals surface area contributed by atoms with Crippen LogP contribution in [0.5, 0.6) is 0 Å². The van der Waals surface area contributed by atoms with Gasteiger partial charge in [0.1, 0.15) is 6.04 Å². The number of piperazine rings is 1. The lowest BCUT2D eigenvalue weighted by molar-refractivity contribution is -0.141. The molecule has 1 amide bonds. The summed E-state index contributed by atoms with van der Waals surface area (Å²) in [7, 11) is -2.37. The van der Waals surface area contributed by atoms with Crippen molar-refractivity contribution in [3.8, 4) is 0 Å². The van der Waals surface area contributed by atoms with Gasteiger partial charge in [0.05, 0.1) is 17.5 Å². The molecule has 11 heteroatoms. The number of hydrogen-bond acceptors (Lipinski definition) is 6. The molecule has 0 aliphatic carbocycles. The summed E-state index contributed by atoms with van der Waals surface area (Å²) in [5, 5.41) is 2.07. The lowest BCUT2D eigenvalue weighted by Gasteiger charge is -2.38. The summed E-state index contributed by atoms with van der Waals surface area (Å²) >= 11 is 7.18. The van der Waals surface area contributed by atoms with Crippen LogP contribution in [0.2, 0.25) is 4.34 Å². The summed E-state index contributed by atoms with van der Waals surface area (Å²) in [6.07, 6.45) is 4.94. The number of aromatic nitrogens is 2. The van der Waals surface area contributed by atoms with E-state index < -0.39 is 16.1 Å². The Labute approximate surface area is 189 Å². The first-order valence-corrected chi connectivity index (χ1v) is 12.2. The van der Waals surface area contributed by atoms with Crippen LogP contribution in [0.1, 0.15) is 10.6 Å². The number of halogens is 1. The number of hydrogen-bond donors (Lipinski definition) is 1. The Hall–Kier alpha value is -2.24.